The van der Waals surface area contributed by atoms with Crippen LogP contribution < -0.4 is 5.32 Å². The van der Waals surface area contributed by atoms with Crippen molar-refractivity contribution >= 4 is 23.9 Å². The van der Waals surface area contributed by atoms with Crippen LogP contribution in [0.2, 0.25) is 0 Å². The number of benzene rings is 3. The van der Waals surface area contributed by atoms with Crippen molar-refractivity contribution in [1.29, 1.82) is 0 Å². The largest absolute Gasteiger partial charge is 0.436 e. The van der Waals surface area contributed by atoms with Gasteiger partial charge in [0.15, 0.2) is 5.76 Å². The van der Waals surface area contributed by atoms with Gasteiger partial charge in [-0.25, -0.2) is 4.98 Å². The highest BCUT2D eigenvalue weighted by atomic mass is 35.5. The summed E-state index contributed by atoms with van der Waals surface area (Å²) < 4.78 is 6.56. The molecule has 0 fully saturated rings. The third kappa shape index (κ3) is 6.87. The average Bonchev–Trinajstić information content (AvgIpc) is 3.48. The molecule has 0 bridgehead atoms. The molecule has 0 spiro atoms. The Morgan fingerprint density at radius 1 is 0.881 bits per heavy atom. The Labute approximate surface area is 253 Å². The summed E-state index contributed by atoms with van der Waals surface area (Å²) in [6.45, 7) is 0.549. The summed E-state index contributed by atoms with van der Waals surface area (Å²) in [6, 6.07) is 34.2. The molecule has 2 aromatic heterocycles. The first-order chi connectivity index (χ1) is 20.2. The van der Waals surface area contributed by atoms with E-state index in [1.54, 1.807) is 6.20 Å². The first-order valence-electron chi connectivity index (χ1n) is 14.3. The molecule has 0 aliphatic heterocycles. The van der Waals surface area contributed by atoms with E-state index < -0.39 is 0 Å². The standard InChI is InChI=1S/C36H33N3O2.ClH/c40-35(38-23-21-31-19-9-10-22-37-31)30-18-11-12-26(25-30)24-29-17-7-8-20-32(29)36-39-33(27-13-3-1-4-14-27)34(41-36)28-15-5-2-6-16-28;/h1-6,9-16,18-20,22,25,29H,7-8,17,21,23-24H2,(H,38,40);1H. The number of halogens is 1. The zero-order valence-electron chi connectivity index (χ0n) is 23.4. The van der Waals surface area contributed by atoms with Crippen LogP contribution in [-0.4, -0.2) is 22.4 Å². The molecule has 1 unspecified atom stereocenters. The second kappa shape index (κ2) is 13.9. The van der Waals surface area contributed by atoms with E-state index in [-0.39, 0.29) is 24.2 Å². The fourth-order valence-corrected chi connectivity index (χ4v) is 5.51. The van der Waals surface area contributed by atoms with E-state index in [1.165, 1.54) is 0 Å². The molecule has 5 nitrogen and oxygen atoms in total. The number of carbonyl (C=O) groups excluding carboxylic acids is 1. The van der Waals surface area contributed by atoms with Gasteiger partial charge < -0.3 is 9.73 Å². The fourth-order valence-electron chi connectivity index (χ4n) is 5.51. The first-order valence-corrected chi connectivity index (χ1v) is 14.3. The van der Waals surface area contributed by atoms with E-state index in [4.69, 9.17) is 9.40 Å². The number of amides is 1. The number of rotatable bonds is 9. The van der Waals surface area contributed by atoms with Crippen molar-refractivity contribution in [1.82, 2.24) is 15.3 Å². The van der Waals surface area contributed by atoms with E-state index in [0.29, 0.717) is 24.4 Å². The van der Waals surface area contributed by atoms with Crippen LogP contribution in [0.5, 0.6) is 0 Å². The number of nitrogens with zero attached hydrogens (tertiary/aromatic N) is 2. The Hall–Kier alpha value is -4.48. The zero-order valence-corrected chi connectivity index (χ0v) is 24.2. The highest BCUT2D eigenvalue weighted by molar-refractivity contribution is 5.94. The van der Waals surface area contributed by atoms with Crippen LogP contribution in [-0.2, 0) is 12.8 Å². The van der Waals surface area contributed by atoms with Crippen LogP contribution >= 0.6 is 12.4 Å². The molecule has 212 valence electrons. The number of oxazole rings is 1. The third-order valence-electron chi connectivity index (χ3n) is 7.58. The molecule has 1 aliphatic carbocycles. The first kappa shape index (κ1) is 29.0. The summed E-state index contributed by atoms with van der Waals surface area (Å²) in [4.78, 5) is 22.3. The van der Waals surface area contributed by atoms with Gasteiger partial charge >= 0.3 is 0 Å². The summed E-state index contributed by atoms with van der Waals surface area (Å²) in [7, 11) is 0. The second-order valence-electron chi connectivity index (χ2n) is 10.4. The van der Waals surface area contributed by atoms with Crippen molar-refractivity contribution < 1.29 is 9.21 Å². The summed E-state index contributed by atoms with van der Waals surface area (Å²) in [5.41, 5.74) is 6.85. The molecular weight excluding hydrogens is 542 g/mol. The number of allylic oxidation sites excluding steroid dienone is 2. The lowest BCUT2D eigenvalue weighted by atomic mass is 9.83. The van der Waals surface area contributed by atoms with Crippen LogP contribution in [0.4, 0.5) is 0 Å². The van der Waals surface area contributed by atoms with E-state index >= 15 is 0 Å². The Morgan fingerprint density at radius 3 is 2.40 bits per heavy atom. The van der Waals surface area contributed by atoms with Crippen molar-refractivity contribution in [3.05, 3.63) is 138 Å². The second-order valence-corrected chi connectivity index (χ2v) is 10.4. The van der Waals surface area contributed by atoms with E-state index in [0.717, 1.165) is 65.1 Å². The predicted molar refractivity (Wildman–Crippen MR) is 170 cm³/mol. The smallest absolute Gasteiger partial charge is 0.251 e. The molecule has 42 heavy (non-hydrogen) atoms. The zero-order chi connectivity index (χ0) is 27.9. The molecule has 1 N–H and O–H groups in total. The van der Waals surface area contributed by atoms with Crippen LogP contribution in [0.1, 0.15) is 46.8 Å². The molecule has 1 atom stereocenters. The number of hydrogen-bond acceptors (Lipinski definition) is 4. The fraction of sp³-hybridized carbons (Fsp3) is 0.194. The van der Waals surface area contributed by atoms with E-state index in [2.05, 4.69) is 46.7 Å². The van der Waals surface area contributed by atoms with E-state index in [1.807, 2.05) is 72.8 Å². The molecule has 3 aromatic carbocycles. The van der Waals surface area contributed by atoms with Crippen LogP contribution in [0, 0.1) is 5.92 Å². The molecule has 1 amide bonds. The van der Waals surface area contributed by atoms with Gasteiger partial charge in [0, 0.05) is 47.1 Å². The third-order valence-corrected chi connectivity index (χ3v) is 7.58. The molecule has 0 saturated heterocycles. The Balaban J connectivity index is 0.00000353. The molecule has 1 aliphatic rings. The highest BCUT2D eigenvalue weighted by Crippen LogP contribution is 2.40. The van der Waals surface area contributed by atoms with Crippen molar-refractivity contribution in [3.63, 3.8) is 0 Å². The predicted octanol–water partition coefficient (Wildman–Crippen LogP) is 8.22. The number of nitrogens with one attached hydrogen (secondary N) is 1. The van der Waals surface area contributed by atoms with Crippen LogP contribution in [0.3, 0.4) is 0 Å². The molecular formula is C36H34ClN3O2. The lowest BCUT2D eigenvalue weighted by Crippen LogP contribution is -2.26. The number of carbonyl (C=O) groups is 1. The van der Waals surface area contributed by atoms with Crippen molar-refractivity contribution in [2.24, 2.45) is 5.92 Å². The van der Waals surface area contributed by atoms with Gasteiger partial charge in [-0.05, 0) is 61.4 Å². The van der Waals surface area contributed by atoms with Gasteiger partial charge in [0.2, 0.25) is 5.89 Å². The van der Waals surface area contributed by atoms with E-state index in [9.17, 15) is 4.79 Å². The normalized spacial score (nSPS) is 14.5. The minimum atomic E-state index is -0.0603. The Bertz CT molecular complexity index is 1580. The van der Waals surface area contributed by atoms with Gasteiger partial charge in [0.1, 0.15) is 5.69 Å². The number of hydrogen-bond donors (Lipinski definition) is 1. The highest BCUT2D eigenvalue weighted by Gasteiger charge is 2.26. The molecule has 5 aromatic rings. The average molecular weight is 576 g/mol. The monoisotopic (exact) mass is 575 g/mol. The molecule has 0 saturated carbocycles. The van der Waals surface area contributed by atoms with Gasteiger partial charge in [-0.1, -0.05) is 84.9 Å². The SMILES string of the molecule is Cl.O=C(NCCc1ccccn1)c1cccc(CC2CCCC=C2c2nc(-c3ccccc3)c(-c3ccccc3)o2)c1. The van der Waals surface area contributed by atoms with Gasteiger partial charge in [-0.3, -0.25) is 9.78 Å². The number of pyridine rings is 1. The minimum absolute atomic E-state index is 0. The van der Waals surface area contributed by atoms with Gasteiger partial charge in [-0.15, -0.1) is 12.4 Å². The number of aromatic nitrogens is 2. The maximum Gasteiger partial charge on any atom is 0.251 e. The summed E-state index contributed by atoms with van der Waals surface area (Å²) in [5.74, 6) is 1.68. The van der Waals surface area contributed by atoms with Crippen LogP contribution in [0.25, 0.3) is 28.2 Å². The maximum absolute atomic E-state index is 12.9. The van der Waals surface area contributed by atoms with Crippen molar-refractivity contribution in [2.75, 3.05) is 6.54 Å². The van der Waals surface area contributed by atoms with Gasteiger partial charge in [0.05, 0.1) is 0 Å². The minimum Gasteiger partial charge on any atom is -0.436 e. The maximum atomic E-state index is 12.9. The summed E-state index contributed by atoms with van der Waals surface area (Å²) in [5, 5.41) is 3.04. The topological polar surface area (TPSA) is 68.0 Å². The quantitative estimate of drug-likeness (QED) is 0.192. The lowest BCUT2D eigenvalue weighted by molar-refractivity contribution is 0.0954. The Morgan fingerprint density at radius 2 is 1.64 bits per heavy atom. The van der Waals surface area contributed by atoms with Crippen LogP contribution in [0.15, 0.2) is 120 Å². The van der Waals surface area contributed by atoms with Crippen molar-refractivity contribution in [2.45, 2.75) is 32.1 Å². The molecule has 6 heteroatoms. The lowest BCUT2D eigenvalue weighted by Gasteiger charge is -2.22. The molecule has 6 rings (SSSR count). The summed E-state index contributed by atoms with van der Waals surface area (Å²) in [6.07, 6.45) is 8.78. The van der Waals surface area contributed by atoms with Gasteiger partial charge in [-0.2, -0.15) is 0 Å². The molecule has 2 heterocycles. The summed E-state index contributed by atoms with van der Waals surface area (Å²) >= 11 is 0. The molecule has 0 radical (unpaired) electrons. The van der Waals surface area contributed by atoms with Crippen molar-refractivity contribution in [3.8, 4) is 22.6 Å². The Kier molecular flexibility index (Phi) is 9.62. The van der Waals surface area contributed by atoms with Gasteiger partial charge in [0.25, 0.3) is 5.91 Å².